The number of hydrogen-bond donors (Lipinski definition) is 3. The highest BCUT2D eigenvalue weighted by Crippen LogP contribution is 2.27. The third kappa shape index (κ3) is 4.73. The third-order valence-electron chi connectivity index (χ3n) is 2.51. The molecule has 0 aliphatic rings. The molecule has 1 rings (SSSR count). The number of primary amides is 1. The molecule has 0 spiro atoms. The predicted octanol–water partition coefficient (Wildman–Crippen LogP) is -0.132. The first kappa shape index (κ1) is 16.4. The van der Waals surface area contributed by atoms with Crippen molar-refractivity contribution in [2.75, 3.05) is 32.1 Å². The number of amides is 2. The standard InChI is InChI=1S/C12H16N4O5/c1-14-9-4-2-3-8(11(9)16(19)20)12(18)15-5-6-21-7-10(13)17/h2-4,14H,5-7H2,1H3,(H2,13,17)(H,15,18). The Kier molecular flexibility index (Phi) is 6.08. The fourth-order valence-electron chi connectivity index (χ4n) is 1.63. The van der Waals surface area contributed by atoms with Crippen LogP contribution in [-0.2, 0) is 9.53 Å². The van der Waals surface area contributed by atoms with Gasteiger partial charge in [-0.05, 0) is 12.1 Å². The fourth-order valence-corrected chi connectivity index (χ4v) is 1.63. The molecule has 0 radical (unpaired) electrons. The lowest BCUT2D eigenvalue weighted by Crippen LogP contribution is -2.29. The number of nitrogens with two attached hydrogens (primary N) is 1. The second-order valence-corrected chi connectivity index (χ2v) is 3.98. The number of nitrogens with one attached hydrogen (secondary N) is 2. The molecule has 0 atom stereocenters. The first-order valence-corrected chi connectivity index (χ1v) is 6.06. The van der Waals surface area contributed by atoms with E-state index >= 15 is 0 Å². The van der Waals surface area contributed by atoms with Crippen LogP contribution in [0, 0.1) is 10.1 Å². The molecule has 0 aromatic heterocycles. The molecular weight excluding hydrogens is 280 g/mol. The van der Waals surface area contributed by atoms with E-state index in [1.54, 1.807) is 0 Å². The number of carbonyl (C=O) groups excluding carboxylic acids is 2. The van der Waals surface area contributed by atoms with E-state index in [0.717, 1.165) is 0 Å². The minimum Gasteiger partial charge on any atom is -0.383 e. The number of nitro groups is 1. The highest BCUT2D eigenvalue weighted by atomic mass is 16.6. The van der Waals surface area contributed by atoms with Gasteiger partial charge in [-0.1, -0.05) is 6.07 Å². The summed E-state index contributed by atoms with van der Waals surface area (Å²) < 4.78 is 4.87. The van der Waals surface area contributed by atoms with E-state index in [0.29, 0.717) is 0 Å². The smallest absolute Gasteiger partial charge is 0.305 e. The summed E-state index contributed by atoms with van der Waals surface area (Å²) in [7, 11) is 1.53. The van der Waals surface area contributed by atoms with Crippen LogP contribution < -0.4 is 16.4 Å². The Bertz CT molecular complexity index is 546. The maximum atomic E-state index is 11.9. The molecule has 0 heterocycles. The van der Waals surface area contributed by atoms with Crippen LogP contribution in [-0.4, -0.2) is 43.5 Å². The van der Waals surface area contributed by atoms with Gasteiger partial charge in [0, 0.05) is 13.6 Å². The molecule has 0 saturated heterocycles. The molecule has 1 aromatic carbocycles. The molecule has 0 unspecified atom stereocenters. The summed E-state index contributed by atoms with van der Waals surface area (Å²) in [6, 6.07) is 4.40. The topological polar surface area (TPSA) is 137 Å². The van der Waals surface area contributed by atoms with Crippen molar-refractivity contribution in [3.8, 4) is 0 Å². The number of nitrogens with zero attached hydrogens (tertiary/aromatic N) is 1. The first-order chi connectivity index (χ1) is 9.97. The highest BCUT2D eigenvalue weighted by molar-refractivity contribution is 6.00. The maximum Gasteiger partial charge on any atom is 0.305 e. The summed E-state index contributed by atoms with van der Waals surface area (Å²) in [5.41, 5.74) is 4.78. The van der Waals surface area contributed by atoms with Gasteiger partial charge in [0.2, 0.25) is 5.91 Å². The van der Waals surface area contributed by atoms with Gasteiger partial charge in [0.15, 0.2) is 0 Å². The minimum atomic E-state index is -0.621. The van der Waals surface area contributed by atoms with Gasteiger partial charge in [0.1, 0.15) is 17.9 Å². The molecule has 9 heteroatoms. The minimum absolute atomic E-state index is 0.0539. The van der Waals surface area contributed by atoms with Gasteiger partial charge in [-0.25, -0.2) is 0 Å². The van der Waals surface area contributed by atoms with Crippen LogP contribution in [0.5, 0.6) is 0 Å². The monoisotopic (exact) mass is 296 g/mol. The zero-order valence-electron chi connectivity index (χ0n) is 11.4. The van der Waals surface area contributed by atoms with E-state index < -0.39 is 16.7 Å². The van der Waals surface area contributed by atoms with E-state index in [4.69, 9.17) is 10.5 Å². The van der Waals surface area contributed by atoms with Crippen LogP contribution in [0.1, 0.15) is 10.4 Å². The lowest BCUT2D eigenvalue weighted by atomic mass is 10.1. The van der Waals surface area contributed by atoms with E-state index in [1.807, 2.05) is 0 Å². The molecule has 2 amide bonds. The number of rotatable bonds is 8. The van der Waals surface area contributed by atoms with E-state index in [1.165, 1.54) is 25.2 Å². The Morgan fingerprint density at radius 3 is 2.71 bits per heavy atom. The summed E-state index contributed by atoms with van der Waals surface area (Å²) in [4.78, 5) is 32.8. The molecule has 9 nitrogen and oxygen atoms in total. The van der Waals surface area contributed by atoms with Crippen molar-refractivity contribution in [2.45, 2.75) is 0 Å². The lowest BCUT2D eigenvalue weighted by Gasteiger charge is -2.08. The van der Waals surface area contributed by atoms with Crippen molar-refractivity contribution in [1.82, 2.24) is 5.32 Å². The third-order valence-corrected chi connectivity index (χ3v) is 2.51. The number of para-hydroxylation sites is 1. The molecule has 114 valence electrons. The molecule has 0 saturated carbocycles. The Labute approximate surface area is 120 Å². The summed E-state index contributed by atoms with van der Waals surface area (Å²) >= 11 is 0. The highest BCUT2D eigenvalue weighted by Gasteiger charge is 2.23. The molecule has 0 aliphatic carbocycles. The van der Waals surface area contributed by atoms with Gasteiger partial charge in [0.05, 0.1) is 11.5 Å². The maximum absolute atomic E-state index is 11.9. The number of nitro benzene ring substituents is 1. The Morgan fingerprint density at radius 1 is 1.43 bits per heavy atom. The quantitative estimate of drug-likeness (QED) is 0.347. The van der Waals surface area contributed by atoms with Crippen LogP contribution >= 0.6 is 0 Å². The van der Waals surface area contributed by atoms with Crippen molar-refractivity contribution in [1.29, 1.82) is 0 Å². The van der Waals surface area contributed by atoms with Crippen molar-refractivity contribution >= 4 is 23.2 Å². The number of hydrogen-bond acceptors (Lipinski definition) is 6. The van der Waals surface area contributed by atoms with Crippen LogP contribution in [0.25, 0.3) is 0 Å². The second kappa shape index (κ2) is 7.80. The van der Waals surface area contributed by atoms with E-state index in [9.17, 15) is 19.7 Å². The molecule has 21 heavy (non-hydrogen) atoms. The first-order valence-electron chi connectivity index (χ1n) is 6.06. The van der Waals surface area contributed by atoms with Crippen LogP contribution in [0.3, 0.4) is 0 Å². The molecule has 0 bridgehead atoms. The Morgan fingerprint density at radius 2 is 2.14 bits per heavy atom. The average Bonchev–Trinajstić information content (AvgIpc) is 2.45. The van der Waals surface area contributed by atoms with Gasteiger partial charge in [-0.2, -0.15) is 0 Å². The zero-order chi connectivity index (χ0) is 15.8. The molecule has 0 fully saturated rings. The Hall–Kier alpha value is -2.68. The number of carbonyl (C=O) groups is 2. The normalized spacial score (nSPS) is 9.95. The van der Waals surface area contributed by atoms with Gasteiger partial charge >= 0.3 is 5.69 Å². The second-order valence-electron chi connectivity index (χ2n) is 3.98. The van der Waals surface area contributed by atoms with Crippen LogP contribution in [0.4, 0.5) is 11.4 Å². The molecule has 1 aromatic rings. The van der Waals surface area contributed by atoms with Gasteiger partial charge in [-0.3, -0.25) is 19.7 Å². The summed E-state index contributed by atoms with van der Waals surface area (Å²) in [5.74, 6) is -1.21. The molecular formula is C12H16N4O5. The number of benzene rings is 1. The summed E-state index contributed by atoms with van der Waals surface area (Å²) in [6.45, 7) is -0.0630. The molecule has 0 aliphatic heterocycles. The summed E-state index contributed by atoms with van der Waals surface area (Å²) in [5, 5.41) is 16.2. The van der Waals surface area contributed by atoms with Gasteiger partial charge < -0.3 is 21.1 Å². The zero-order valence-corrected chi connectivity index (χ0v) is 11.4. The predicted molar refractivity (Wildman–Crippen MR) is 75.0 cm³/mol. The van der Waals surface area contributed by atoms with Crippen LogP contribution in [0.2, 0.25) is 0 Å². The van der Waals surface area contributed by atoms with E-state index in [2.05, 4.69) is 10.6 Å². The van der Waals surface area contributed by atoms with Crippen molar-refractivity contribution < 1.29 is 19.2 Å². The lowest BCUT2D eigenvalue weighted by molar-refractivity contribution is -0.384. The van der Waals surface area contributed by atoms with Gasteiger partial charge in [0.25, 0.3) is 5.91 Å². The fraction of sp³-hybridized carbons (Fsp3) is 0.333. The SMILES string of the molecule is CNc1cccc(C(=O)NCCOCC(N)=O)c1[N+](=O)[O-]. The summed E-state index contributed by atoms with van der Waals surface area (Å²) in [6.07, 6.45) is 0. The van der Waals surface area contributed by atoms with Gasteiger partial charge in [-0.15, -0.1) is 0 Å². The average molecular weight is 296 g/mol. The Balaban J connectivity index is 2.70. The molecule has 4 N–H and O–H groups in total. The van der Waals surface area contributed by atoms with Crippen molar-refractivity contribution in [3.05, 3.63) is 33.9 Å². The van der Waals surface area contributed by atoms with E-state index in [-0.39, 0.29) is 36.7 Å². The number of ether oxygens (including phenoxy) is 1. The number of anilines is 1. The van der Waals surface area contributed by atoms with Crippen molar-refractivity contribution in [2.24, 2.45) is 5.73 Å². The largest absolute Gasteiger partial charge is 0.383 e. The van der Waals surface area contributed by atoms with Crippen molar-refractivity contribution in [3.63, 3.8) is 0 Å². The van der Waals surface area contributed by atoms with Crippen LogP contribution in [0.15, 0.2) is 18.2 Å².